The maximum Gasteiger partial charge on any atom is 0.119 e. The van der Waals surface area contributed by atoms with E-state index in [1.165, 1.54) is 0 Å². The molecule has 0 amide bonds. The molecule has 6 nitrogen and oxygen atoms in total. The van der Waals surface area contributed by atoms with E-state index in [1.807, 2.05) is 6.92 Å². The van der Waals surface area contributed by atoms with E-state index in [2.05, 4.69) is 27.2 Å². The van der Waals surface area contributed by atoms with E-state index in [9.17, 15) is 5.11 Å². The molecular formula is C19H24N4O2. The predicted molar refractivity (Wildman–Crippen MR) is 94.4 cm³/mol. The predicted octanol–water partition coefficient (Wildman–Crippen LogP) is 2.21. The van der Waals surface area contributed by atoms with Gasteiger partial charge in [0, 0.05) is 24.7 Å². The molecule has 1 aromatic heterocycles. The highest BCUT2D eigenvalue weighted by Crippen LogP contribution is 2.26. The topological polar surface area (TPSA) is 85.2 Å². The summed E-state index contributed by atoms with van der Waals surface area (Å²) in [6, 6.07) is 11.1. The number of nitriles is 1. The fraction of sp³-hybridized carbons (Fsp3) is 0.474. The van der Waals surface area contributed by atoms with Crippen LogP contribution in [-0.2, 0) is 0 Å². The number of aryl methyl sites for hydroxylation is 1. The van der Waals surface area contributed by atoms with Crippen molar-refractivity contribution in [3.8, 4) is 11.8 Å². The quantitative estimate of drug-likeness (QED) is 0.842. The molecule has 1 aliphatic rings. The molecule has 25 heavy (non-hydrogen) atoms. The normalized spacial score (nSPS) is 19.3. The van der Waals surface area contributed by atoms with Crippen LogP contribution in [0.25, 0.3) is 0 Å². The molecule has 0 aliphatic carbocycles. The summed E-state index contributed by atoms with van der Waals surface area (Å²) >= 11 is 0. The zero-order chi connectivity index (χ0) is 17.6. The van der Waals surface area contributed by atoms with Crippen molar-refractivity contribution < 1.29 is 9.84 Å². The molecule has 0 unspecified atom stereocenters. The molecule has 0 bridgehead atoms. The van der Waals surface area contributed by atoms with Crippen molar-refractivity contribution in [3.63, 3.8) is 0 Å². The summed E-state index contributed by atoms with van der Waals surface area (Å²) in [5.41, 5.74) is 2.80. The number of aromatic amines is 1. The number of hydrogen-bond acceptors (Lipinski definition) is 5. The first-order valence-electron chi connectivity index (χ1n) is 8.69. The lowest BCUT2D eigenvalue weighted by Crippen LogP contribution is -2.41. The van der Waals surface area contributed by atoms with Crippen LogP contribution in [0.2, 0.25) is 0 Å². The second-order valence-corrected chi connectivity index (χ2v) is 6.68. The van der Waals surface area contributed by atoms with Crippen LogP contribution < -0.4 is 4.74 Å². The van der Waals surface area contributed by atoms with Gasteiger partial charge < -0.3 is 9.84 Å². The number of aromatic nitrogens is 2. The molecule has 1 aliphatic heterocycles. The third-order valence-electron chi connectivity index (χ3n) is 4.54. The van der Waals surface area contributed by atoms with E-state index in [1.54, 1.807) is 24.3 Å². The van der Waals surface area contributed by atoms with Crippen LogP contribution in [0.5, 0.6) is 5.75 Å². The Hall–Kier alpha value is -2.36. The van der Waals surface area contributed by atoms with Crippen LogP contribution in [0.1, 0.15) is 35.7 Å². The van der Waals surface area contributed by atoms with Crippen LogP contribution in [0.4, 0.5) is 0 Å². The number of β-amino-alcohol motifs (C(OH)–C–C–N with tert-alkyl or cyclic N) is 1. The Kier molecular flexibility index (Phi) is 5.69. The number of piperidine rings is 1. The van der Waals surface area contributed by atoms with Gasteiger partial charge in [-0.25, -0.2) is 0 Å². The summed E-state index contributed by atoms with van der Waals surface area (Å²) in [4.78, 5) is 2.28. The van der Waals surface area contributed by atoms with Gasteiger partial charge in [-0.1, -0.05) is 0 Å². The average Bonchev–Trinajstić information content (AvgIpc) is 3.07. The lowest BCUT2D eigenvalue weighted by atomic mass is 9.94. The highest BCUT2D eigenvalue weighted by Gasteiger charge is 2.24. The highest BCUT2D eigenvalue weighted by atomic mass is 16.5. The number of aliphatic hydroxyl groups excluding tert-OH is 1. The van der Waals surface area contributed by atoms with Crippen LogP contribution in [0, 0.1) is 18.3 Å². The summed E-state index contributed by atoms with van der Waals surface area (Å²) in [5.74, 6) is 1.09. The van der Waals surface area contributed by atoms with E-state index >= 15 is 0 Å². The SMILES string of the molecule is Cc1cc([C@@H]2CCCN(C[C@H](O)COc3ccc(C#N)cc3)C2)n[nH]1. The summed E-state index contributed by atoms with van der Waals surface area (Å²) in [6.07, 6.45) is 1.70. The Labute approximate surface area is 148 Å². The number of H-pyrrole nitrogens is 1. The number of likely N-dealkylation sites (tertiary alicyclic amines) is 1. The first-order chi connectivity index (χ1) is 12.1. The molecule has 2 N–H and O–H groups in total. The van der Waals surface area contributed by atoms with Crippen molar-refractivity contribution in [2.45, 2.75) is 31.8 Å². The summed E-state index contributed by atoms with van der Waals surface area (Å²) in [7, 11) is 0. The first-order valence-corrected chi connectivity index (χ1v) is 8.69. The summed E-state index contributed by atoms with van der Waals surface area (Å²) < 4.78 is 5.62. The lowest BCUT2D eigenvalue weighted by molar-refractivity contribution is 0.0581. The molecule has 6 heteroatoms. The van der Waals surface area contributed by atoms with Gasteiger partial charge in [0.2, 0.25) is 0 Å². The Morgan fingerprint density at radius 2 is 2.24 bits per heavy atom. The van der Waals surface area contributed by atoms with Crippen molar-refractivity contribution >= 4 is 0 Å². The molecule has 0 radical (unpaired) electrons. The van der Waals surface area contributed by atoms with Gasteiger partial charge in [-0.15, -0.1) is 0 Å². The van der Waals surface area contributed by atoms with Crippen molar-refractivity contribution in [3.05, 3.63) is 47.3 Å². The minimum absolute atomic E-state index is 0.245. The summed E-state index contributed by atoms with van der Waals surface area (Å²) in [6.45, 7) is 4.76. The molecule has 2 heterocycles. The van der Waals surface area contributed by atoms with Gasteiger partial charge in [-0.05, 0) is 56.6 Å². The van der Waals surface area contributed by atoms with Crippen molar-refractivity contribution in [2.75, 3.05) is 26.2 Å². The first kappa shape index (κ1) is 17.5. The number of nitrogens with zero attached hydrogens (tertiary/aromatic N) is 3. The van der Waals surface area contributed by atoms with Gasteiger partial charge in [0.25, 0.3) is 0 Å². The minimum Gasteiger partial charge on any atom is -0.491 e. The molecule has 0 saturated carbocycles. The molecule has 1 fully saturated rings. The van der Waals surface area contributed by atoms with E-state index < -0.39 is 6.10 Å². The van der Waals surface area contributed by atoms with Gasteiger partial charge in [-0.3, -0.25) is 10.00 Å². The monoisotopic (exact) mass is 340 g/mol. The summed E-state index contributed by atoms with van der Waals surface area (Å²) in [5, 5.41) is 26.5. The molecule has 1 saturated heterocycles. The number of aliphatic hydroxyl groups is 1. The lowest BCUT2D eigenvalue weighted by Gasteiger charge is -2.33. The zero-order valence-electron chi connectivity index (χ0n) is 14.5. The third kappa shape index (κ3) is 4.81. The maximum atomic E-state index is 10.3. The number of nitrogens with one attached hydrogen (secondary N) is 1. The Morgan fingerprint density at radius 3 is 2.92 bits per heavy atom. The van der Waals surface area contributed by atoms with Crippen molar-refractivity contribution in [1.29, 1.82) is 5.26 Å². The molecular weight excluding hydrogens is 316 g/mol. The smallest absolute Gasteiger partial charge is 0.119 e. The van der Waals surface area contributed by atoms with Crippen molar-refractivity contribution in [2.24, 2.45) is 0 Å². The fourth-order valence-corrected chi connectivity index (χ4v) is 3.28. The number of ether oxygens (including phenoxy) is 1. The van der Waals surface area contributed by atoms with Crippen LogP contribution in [0.15, 0.2) is 30.3 Å². The van der Waals surface area contributed by atoms with E-state index in [4.69, 9.17) is 10.00 Å². The van der Waals surface area contributed by atoms with Gasteiger partial charge in [0.15, 0.2) is 0 Å². The third-order valence-corrected chi connectivity index (χ3v) is 4.54. The second-order valence-electron chi connectivity index (χ2n) is 6.68. The average molecular weight is 340 g/mol. The minimum atomic E-state index is -0.546. The highest BCUT2D eigenvalue weighted by molar-refractivity contribution is 5.34. The van der Waals surface area contributed by atoms with E-state index in [0.29, 0.717) is 23.8 Å². The Bertz CT molecular complexity index is 720. The van der Waals surface area contributed by atoms with Gasteiger partial charge in [-0.2, -0.15) is 10.4 Å². The molecule has 1 aromatic carbocycles. The molecule has 2 atom stereocenters. The largest absolute Gasteiger partial charge is 0.491 e. The standard InChI is InChI=1S/C19H24N4O2/c1-14-9-19(22-21-14)16-3-2-8-23(11-16)12-17(24)13-25-18-6-4-15(10-20)5-7-18/h4-7,9,16-17,24H,2-3,8,11-13H2,1H3,(H,21,22)/t16-,17+/m1/s1. The van der Waals surface area contributed by atoms with E-state index in [0.717, 1.165) is 37.3 Å². The van der Waals surface area contributed by atoms with Gasteiger partial charge in [0.1, 0.15) is 18.5 Å². The van der Waals surface area contributed by atoms with Crippen LogP contribution in [0.3, 0.4) is 0 Å². The molecule has 3 rings (SSSR count). The van der Waals surface area contributed by atoms with Crippen LogP contribution >= 0.6 is 0 Å². The van der Waals surface area contributed by atoms with E-state index in [-0.39, 0.29) is 6.61 Å². The second kappa shape index (κ2) is 8.15. The zero-order valence-corrected chi connectivity index (χ0v) is 14.5. The molecule has 132 valence electrons. The van der Waals surface area contributed by atoms with Gasteiger partial charge in [0.05, 0.1) is 17.3 Å². The Morgan fingerprint density at radius 1 is 1.44 bits per heavy atom. The maximum absolute atomic E-state index is 10.3. The van der Waals surface area contributed by atoms with Gasteiger partial charge >= 0.3 is 0 Å². The number of benzene rings is 1. The number of rotatable bonds is 6. The van der Waals surface area contributed by atoms with Crippen LogP contribution in [-0.4, -0.2) is 52.5 Å². The molecule has 0 spiro atoms. The Balaban J connectivity index is 1.47. The molecule has 2 aromatic rings. The number of hydrogen-bond donors (Lipinski definition) is 2. The van der Waals surface area contributed by atoms with Crippen molar-refractivity contribution in [1.82, 2.24) is 15.1 Å². The fourth-order valence-electron chi connectivity index (χ4n) is 3.28.